The average Bonchev–Trinajstić information content (AvgIpc) is 3.18. The van der Waals surface area contributed by atoms with Gasteiger partial charge in [-0.2, -0.15) is 0 Å². The fraction of sp³-hybridized carbons (Fsp3) is 0.436. The summed E-state index contributed by atoms with van der Waals surface area (Å²) in [7, 11) is 2.80. The van der Waals surface area contributed by atoms with E-state index in [-0.39, 0.29) is 33.6 Å². The highest BCUT2D eigenvalue weighted by molar-refractivity contribution is 6.31. The van der Waals surface area contributed by atoms with Crippen LogP contribution in [0.4, 0.5) is 0 Å². The number of hydrogen-bond acceptors (Lipinski definition) is 18. The molecule has 2 aliphatic carbocycles. The van der Waals surface area contributed by atoms with E-state index in [9.17, 15) is 65.1 Å². The monoisotopic (exact) mass is 826 g/mol. The molecule has 11 N–H and O–H groups in total. The molecule has 20 nitrogen and oxygen atoms in total. The lowest BCUT2D eigenvalue weighted by Crippen LogP contribution is -2.65. The Morgan fingerprint density at radius 1 is 0.831 bits per heavy atom. The highest BCUT2D eigenvalue weighted by Crippen LogP contribution is 2.57. The van der Waals surface area contributed by atoms with Crippen molar-refractivity contribution >= 4 is 23.4 Å². The van der Waals surface area contributed by atoms with Gasteiger partial charge in [-0.3, -0.25) is 19.2 Å². The molecule has 2 saturated heterocycles. The predicted octanol–water partition coefficient (Wildman–Crippen LogP) is -1.00. The second kappa shape index (κ2) is 15.7. The van der Waals surface area contributed by atoms with Crippen molar-refractivity contribution in [1.82, 2.24) is 10.6 Å². The van der Waals surface area contributed by atoms with Crippen LogP contribution in [-0.2, 0) is 23.7 Å². The van der Waals surface area contributed by atoms with E-state index in [0.29, 0.717) is 0 Å². The van der Waals surface area contributed by atoms with Crippen molar-refractivity contribution < 1.29 is 88.8 Å². The number of rotatable bonds is 9. The van der Waals surface area contributed by atoms with Crippen molar-refractivity contribution in [1.29, 1.82) is 0 Å². The van der Waals surface area contributed by atoms with Gasteiger partial charge in [0, 0.05) is 28.3 Å². The molecule has 2 fully saturated rings. The molecule has 316 valence electrons. The van der Waals surface area contributed by atoms with Gasteiger partial charge in [-0.15, -0.1) is 0 Å². The van der Waals surface area contributed by atoms with Gasteiger partial charge in [-0.05, 0) is 49.7 Å². The molecule has 59 heavy (non-hydrogen) atoms. The zero-order chi connectivity index (χ0) is 42.9. The number of phenolic OH excluding ortho intramolecular Hbond substituents is 3. The van der Waals surface area contributed by atoms with Crippen molar-refractivity contribution in [2.24, 2.45) is 0 Å². The summed E-state index contributed by atoms with van der Waals surface area (Å²) in [4.78, 5) is 52.7. The summed E-state index contributed by atoms with van der Waals surface area (Å²) >= 11 is 0. The molecule has 7 rings (SSSR count). The molecule has 4 aliphatic rings. The van der Waals surface area contributed by atoms with Crippen LogP contribution in [0.5, 0.6) is 23.0 Å². The van der Waals surface area contributed by atoms with Gasteiger partial charge < -0.3 is 80.3 Å². The lowest BCUT2D eigenvalue weighted by molar-refractivity contribution is -0.339. The summed E-state index contributed by atoms with van der Waals surface area (Å²) in [5, 5.41) is 104. The van der Waals surface area contributed by atoms with E-state index in [1.54, 1.807) is 6.92 Å². The molecule has 0 saturated carbocycles. The van der Waals surface area contributed by atoms with Crippen LogP contribution in [0.2, 0.25) is 0 Å². The second-order valence-corrected chi connectivity index (χ2v) is 14.7. The lowest BCUT2D eigenvalue weighted by Gasteiger charge is -2.47. The normalized spacial score (nSPS) is 29.8. The van der Waals surface area contributed by atoms with Crippen LogP contribution in [0, 0.1) is 6.92 Å². The highest BCUT2D eigenvalue weighted by atomic mass is 16.7. The number of nitrogens with one attached hydrogen (secondary N) is 2. The fourth-order valence-corrected chi connectivity index (χ4v) is 8.21. The summed E-state index contributed by atoms with van der Waals surface area (Å²) < 4.78 is 28.9. The van der Waals surface area contributed by atoms with Crippen molar-refractivity contribution in [2.45, 2.75) is 81.3 Å². The molecule has 0 unspecified atom stereocenters. The Hall–Kier alpha value is -5.26. The first kappa shape index (κ1) is 41.9. The molecule has 3 aromatic rings. The van der Waals surface area contributed by atoms with Gasteiger partial charge in [-0.1, -0.05) is 6.07 Å². The number of carboxylic acid groups (broad SMARTS) is 1. The predicted molar refractivity (Wildman–Crippen MR) is 196 cm³/mol. The molecule has 0 aromatic heterocycles. The van der Waals surface area contributed by atoms with Crippen LogP contribution in [0.25, 0.3) is 11.1 Å². The summed E-state index contributed by atoms with van der Waals surface area (Å²) in [6.45, 7) is 1.73. The molecule has 0 spiro atoms. The first-order chi connectivity index (χ1) is 27.9. The first-order valence-corrected chi connectivity index (χ1v) is 18.3. The van der Waals surface area contributed by atoms with Crippen LogP contribution in [0.1, 0.15) is 78.0 Å². The molecular weight excluding hydrogens is 784 g/mol. The Morgan fingerprint density at radius 3 is 2.15 bits per heavy atom. The van der Waals surface area contributed by atoms with Crippen LogP contribution >= 0.6 is 0 Å². The number of amides is 1. The maximum Gasteiger partial charge on any atom is 0.322 e. The van der Waals surface area contributed by atoms with E-state index >= 15 is 0 Å². The number of carboxylic acids is 1. The van der Waals surface area contributed by atoms with E-state index in [1.165, 1.54) is 33.2 Å². The molecule has 2 aliphatic heterocycles. The number of ketones is 2. The van der Waals surface area contributed by atoms with E-state index in [4.69, 9.17) is 23.7 Å². The number of aromatic hydroxyl groups is 3. The van der Waals surface area contributed by atoms with Gasteiger partial charge in [0.2, 0.25) is 0 Å². The lowest BCUT2D eigenvalue weighted by atomic mass is 9.74. The average molecular weight is 827 g/mol. The molecule has 3 aromatic carbocycles. The fourth-order valence-electron chi connectivity index (χ4n) is 8.21. The quantitative estimate of drug-likeness (QED) is 0.0964. The number of aliphatic carboxylic acids is 1. The maximum absolute atomic E-state index is 14.0. The number of aliphatic hydroxyl groups excluding tert-OH is 5. The van der Waals surface area contributed by atoms with Gasteiger partial charge in [0.25, 0.3) is 5.91 Å². The topological polar surface area (TPSA) is 321 Å². The van der Waals surface area contributed by atoms with Gasteiger partial charge in [0.1, 0.15) is 72.3 Å². The zero-order valence-electron chi connectivity index (χ0n) is 31.8. The third-order valence-electron chi connectivity index (χ3n) is 11.1. The third kappa shape index (κ3) is 6.85. The van der Waals surface area contributed by atoms with Crippen molar-refractivity contribution in [3.63, 3.8) is 0 Å². The SMILES string of the molecule is CN[C@@H]1[C@@H](O[C@H]2OC[C@H](O)[C@H](O)[C@@H]2O)[C@H](O)[C@H](O[C@@H]2c3cc(C)c(C(=O)NCC(=O)O)c(O)c3-c3c(cc4c(c3O)C(=O)c3cc(OC)cc(O)c3C4=O)[C@@H]2O)O[C@H]1C. The highest BCUT2D eigenvalue weighted by Gasteiger charge is 2.51. The largest absolute Gasteiger partial charge is 0.507 e. The van der Waals surface area contributed by atoms with Crippen molar-refractivity contribution in [3.05, 3.63) is 68.8 Å². The van der Waals surface area contributed by atoms with Gasteiger partial charge in [-0.25, -0.2) is 0 Å². The Balaban J connectivity index is 1.36. The summed E-state index contributed by atoms with van der Waals surface area (Å²) in [6.07, 6.45) is -15.5. The number of benzene rings is 3. The van der Waals surface area contributed by atoms with Crippen molar-refractivity contribution in [3.8, 4) is 34.1 Å². The Labute approximate surface area is 334 Å². The smallest absolute Gasteiger partial charge is 0.322 e. The first-order valence-electron chi connectivity index (χ1n) is 18.3. The third-order valence-corrected chi connectivity index (χ3v) is 11.1. The van der Waals surface area contributed by atoms with Gasteiger partial charge in [0.05, 0.1) is 42.6 Å². The van der Waals surface area contributed by atoms with E-state index in [0.717, 1.165) is 12.1 Å². The minimum Gasteiger partial charge on any atom is -0.507 e. The number of carbonyl (C=O) groups excluding carboxylic acids is 3. The molecule has 1 amide bonds. The van der Waals surface area contributed by atoms with E-state index in [2.05, 4.69) is 10.6 Å². The molecular formula is C39H42N2O18. The summed E-state index contributed by atoms with van der Waals surface area (Å²) in [5.74, 6) is -6.63. The van der Waals surface area contributed by atoms with Gasteiger partial charge in [0.15, 0.2) is 24.1 Å². The number of phenols is 3. The van der Waals surface area contributed by atoms with Crippen LogP contribution in [-0.4, -0.2) is 152 Å². The standard InChI is InChI=1S/C39H42N2O18/c1-11-5-17-24(31(50)21(11)37(54)41-9-20(44)45)23-15(8-16-25(32(23)51)28(47)14-6-13(55-4)7-18(42)22(14)27(16)46)29(48)35(17)58-39-34(53)36(26(40-3)12(2)57-39)59-38-33(52)30(49)19(43)10-56-38/h5-8,12,19,26,29-30,33-36,38-40,42-43,48-53H,9-10H2,1-4H3,(H,41,54)(H,44,45)/t12-,19-,26-,29-,30-,33-,34-,35+,36+,38+,39-/m0/s1. The number of hydrogen-bond donors (Lipinski definition) is 11. The van der Waals surface area contributed by atoms with E-state index < -0.39 is 149 Å². The van der Waals surface area contributed by atoms with Crippen LogP contribution in [0.3, 0.4) is 0 Å². The summed E-state index contributed by atoms with van der Waals surface area (Å²) in [6, 6.07) is 3.86. The number of aliphatic hydroxyl groups is 5. The number of methoxy groups -OCH3 is 1. The summed E-state index contributed by atoms with van der Waals surface area (Å²) in [5.41, 5.74) is -3.34. The minimum atomic E-state index is -1.89. The second-order valence-electron chi connectivity index (χ2n) is 14.7. The Bertz CT molecular complexity index is 2250. The molecule has 11 atom stereocenters. The van der Waals surface area contributed by atoms with Crippen LogP contribution in [0.15, 0.2) is 24.3 Å². The number of fused-ring (bicyclic) bond motifs is 5. The van der Waals surface area contributed by atoms with Gasteiger partial charge >= 0.3 is 5.97 Å². The van der Waals surface area contributed by atoms with E-state index in [1.807, 2.05) is 0 Å². The molecule has 2 heterocycles. The molecule has 0 radical (unpaired) electrons. The maximum atomic E-state index is 14.0. The Kier molecular flexibility index (Phi) is 11.2. The van der Waals surface area contributed by atoms with Crippen LogP contribution < -0.4 is 15.4 Å². The number of likely N-dealkylation sites (N-methyl/N-ethyl adjacent to an activating group) is 1. The molecule has 0 bridgehead atoms. The minimum absolute atomic E-state index is 0.0168. The zero-order valence-corrected chi connectivity index (χ0v) is 31.8. The number of ether oxygens (including phenoxy) is 5. The molecule has 20 heteroatoms. The van der Waals surface area contributed by atoms with Crippen molar-refractivity contribution in [2.75, 3.05) is 27.3 Å². The Morgan fingerprint density at radius 2 is 1.49 bits per heavy atom. The number of aryl methyl sites for hydroxylation is 1. The number of carbonyl (C=O) groups is 4.